The predicted molar refractivity (Wildman–Crippen MR) is 53.9 cm³/mol. The molecule has 0 amide bonds. The van der Waals surface area contributed by atoms with Crippen molar-refractivity contribution in [2.45, 2.75) is 0 Å². The van der Waals surface area contributed by atoms with E-state index >= 15 is 0 Å². The molecule has 0 unspecified atom stereocenters. The summed E-state index contributed by atoms with van der Waals surface area (Å²) in [6.45, 7) is 0. The van der Waals surface area contributed by atoms with Crippen LogP contribution < -0.4 is 0 Å². The maximum Gasteiger partial charge on any atom is 0.223 e. The molecular formula is C8H4BrClN2O. The van der Waals surface area contributed by atoms with Crippen LogP contribution in [0.2, 0.25) is 5.28 Å². The molecule has 0 saturated heterocycles. The lowest BCUT2D eigenvalue weighted by Gasteiger charge is -2.01. The second-order valence-electron chi connectivity index (χ2n) is 2.47. The standard InChI is InChI=1S/C8H4BrClN2O/c9-5-2-1-4-3-11-8(10)12-6(4)7(5)13/h1-3,13H. The summed E-state index contributed by atoms with van der Waals surface area (Å²) in [5, 5.41) is 10.5. The van der Waals surface area contributed by atoms with E-state index in [2.05, 4.69) is 25.9 Å². The van der Waals surface area contributed by atoms with Gasteiger partial charge in [0.05, 0.1) is 4.47 Å². The van der Waals surface area contributed by atoms with Gasteiger partial charge in [-0.3, -0.25) is 0 Å². The fraction of sp³-hybridized carbons (Fsp3) is 0. The first-order chi connectivity index (χ1) is 6.18. The van der Waals surface area contributed by atoms with Gasteiger partial charge in [-0.05, 0) is 39.7 Å². The zero-order chi connectivity index (χ0) is 9.42. The normalized spacial score (nSPS) is 10.6. The lowest BCUT2D eigenvalue weighted by atomic mass is 10.2. The summed E-state index contributed by atoms with van der Waals surface area (Å²) >= 11 is 8.78. The average Bonchev–Trinajstić information content (AvgIpc) is 2.12. The second kappa shape index (κ2) is 3.12. The van der Waals surface area contributed by atoms with Crippen LogP contribution in [-0.2, 0) is 0 Å². The molecule has 2 rings (SSSR count). The minimum atomic E-state index is 0.0850. The molecular weight excluding hydrogens is 255 g/mol. The molecule has 0 aliphatic carbocycles. The Morgan fingerprint density at radius 3 is 2.92 bits per heavy atom. The van der Waals surface area contributed by atoms with Crippen LogP contribution in [-0.4, -0.2) is 15.1 Å². The molecule has 1 N–H and O–H groups in total. The van der Waals surface area contributed by atoms with Crippen LogP contribution in [0.5, 0.6) is 5.75 Å². The summed E-state index contributed by atoms with van der Waals surface area (Å²) in [6, 6.07) is 3.53. The van der Waals surface area contributed by atoms with Gasteiger partial charge in [0, 0.05) is 11.6 Å². The number of phenols is 1. The molecule has 0 atom stereocenters. The number of aromatic nitrogens is 2. The Morgan fingerprint density at radius 1 is 1.38 bits per heavy atom. The minimum Gasteiger partial charge on any atom is -0.505 e. The number of phenolic OH excluding ortho intramolecular Hbond substituents is 1. The van der Waals surface area contributed by atoms with E-state index in [0.29, 0.717) is 9.99 Å². The first-order valence-electron chi connectivity index (χ1n) is 3.48. The van der Waals surface area contributed by atoms with Crippen molar-refractivity contribution in [2.75, 3.05) is 0 Å². The van der Waals surface area contributed by atoms with Gasteiger partial charge in [0.25, 0.3) is 0 Å². The molecule has 1 heterocycles. The van der Waals surface area contributed by atoms with Crippen molar-refractivity contribution in [3.8, 4) is 5.75 Å². The Labute approximate surface area is 87.5 Å². The molecule has 0 fully saturated rings. The Balaban J connectivity index is 2.89. The summed E-state index contributed by atoms with van der Waals surface area (Å²) in [4.78, 5) is 7.72. The van der Waals surface area contributed by atoms with Gasteiger partial charge in [0.1, 0.15) is 5.52 Å². The molecule has 0 radical (unpaired) electrons. The Kier molecular flexibility index (Phi) is 2.09. The molecule has 1 aromatic heterocycles. The maximum absolute atomic E-state index is 9.59. The number of aromatic hydroxyl groups is 1. The van der Waals surface area contributed by atoms with Gasteiger partial charge in [0.2, 0.25) is 5.28 Å². The summed E-state index contributed by atoms with van der Waals surface area (Å²) in [5.74, 6) is 0.0850. The van der Waals surface area contributed by atoms with Crippen molar-refractivity contribution in [3.05, 3.63) is 28.1 Å². The summed E-state index contributed by atoms with van der Waals surface area (Å²) in [7, 11) is 0. The van der Waals surface area contributed by atoms with Crippen LogP contribution in [0.15, 0.2) is 22.8 Å². The fourth-order valence-corrected chi connectivity index (χ4v) is 1.49. The number of halogens is 2. The van der Waals surface area contributed by atoms with Crippen LogP contribution in [0.1, 0.15) is 0 Å². The third kappa shape index (κ3) is 1.47. The predicted octanol–water partition coefficient (Wildman–Crippen LogP) is 2.75. The highest BCUT2D eigenvalue weighted by molar-refractivity contribution is 9.10. The molecule has 0 spiro atoms. The largest absolute Gasteiger partial charge is 0.505 e. The van der Waals surface area contributed by atoms with E-state index in [1.807, 2.05) is 0 Å². The van der Waals surface area contributed by atoms with Crippen molar-refractivity contribution < 1.29 is 5.11 Å². The van der Waals surface area contributed by atoms with Gasteiger partial charge in [-0.1, -0.05) is 0 Å². The number of fused-ring (bicyclic) bond motifs is 1. The average molecular weight is 259 g/mol. The molecule has 66 valence electrons. The zero-order valence-corrected chi connectivity index (χ0v) is 8.67. The topological polar surface area (TPSA) is 46.0 Å². The first-order valence-corrected chi connectivity index (χ1v) is 4.65. The molecule has 5 heteroatoms. The van der Waals surface area contributed by atoms with E-state index in [0.717, 1.165) is 5.39 Å². The monoisotopic (exact) mass is 258 g/mol. The van der Waals surface area contributed by atoms with E-state index in [9.17, 15) is 5.11 Å². The van der Waals surface area contributed by atoms with Gasteiger partial charge in [-0.25, -0.2) is 9.97 Å². The number of benzene rings is 1. The Morgan fingerprint density at radius 2 is 2.15 bits per heavy atom. The third-order valence-electron chi connectivity index (χ3n) is 1.65. The van der Waals surface area contributed by atoms with Gasteiger partial charge >= 0.3 is 0 Å². The smallest absolute Gasteiger partial charge is 0.223 e. The van der Waals surface area contributed by atoms with E-state index in [-0.39, 0.29) is 11.0 Å². The van der Waals surface area contributed by atoms with Crippen LogP contribution in [0.3, 0.4) is 0 Å². The Hall–Kier alpha value is -0.870. The van der Waals surface area contributed by atoms with Gasteiger partial charge in [-0.15, -0.1) is 0 Å². The SMILES string of the molecule is Oc1c(Br)ccc2cnc(Cl)nc12. The van der Waals surface area contributed by atoms with E-state index in [1.54, 1.807) is 18.3 Å². The molecule has 0 saturated carbocycles. The van der Waals surface area contributed by atoms with Gasteiger partial charge in [0.15, 0.2) is 5.75 Å². The quantitative estimate of drug-likeness (QED) is 0.740. The minimum absolute atomic E-state index is 0.0850. The number of hydrogen-bond acceptors (Lipinski definition) is 3. The van der Waals surface area contributed by atoms with Crippen LogP contribution in [0, 0.1) is 0 Å². The number of nitrogens with zero attached hydrogens (tertiary/aromatic N) is 2. The van der Waals surface area contributed by atoms with Crippen molar-refractivity contribution >= 4 is 38.4 Å². The van der Waals surface area contributed by atoms with Crippen LogP contribution >= 0.6 is 27.5 Å². The van der Waals surface area contributed by atoms with Gasteiger partial charge in [-0.2, -0.15) is 0 Å². The van der Waals surface area contributed by atoms with Crippen molar-refractivity contribution in [3.63, 3.8) is 0 Å². The van der Waals surface area contributed by atoms with Crippen molar-refractivity contribution in [1.29, 1.82) is 0 Å². The third-order valence-corrected chi connectivity index (χ3v) is 2.47. The molecule has 0 aliphatic rings. The molecule has 0 bridgehead atoms. The number of rotatable bonds is 0. The Bertz CT molecular complexity index is 470. The highest BCUT2D eigenvalue weighted by Gasteiger charge is 2.06. The zero-order valence-electron chi connectivity index (χ0n) is 6.33. The van der Waals surface area contributed by atoms with Crippen LogP contribution in [0.4, 0.5) is 0 Å². The van der Waals surface area contributed by atoms with E-state index in [4.69, 9.17) is 11.6 Å². The number of hydrogen-bond donors (Lipinski definition) is 1. The summed E-state index contributed by atoms with van der Waals surface area (Å²) in [6.07, 6.45) is 1.57. The maximum atomic E-state index is 9.59. The molecule has 3 nitrogen and oxygen atoms in total. The summed E-state index contributed by atoms with van der Waals surface area (Å²) < 4.78 is 0.592. The molecule has 0 aliphatic heterocycles. The van der Waals surface area contributed by atoms with E-state index < -0.39 is 0 Å². The molecule has 2 aromatic rings. The highest BCUT2D eigenvalue weighted by Crippen LogP contribution is 2.30. The van der Waals surface area contributed by atoms with Gasteiger partial charge < -0.3 is 5.11 Å². The highest BCUT2D eigenvalue weighted by atomic mass is 79.9. The lowest BCUT2D eigenvalue weighted by Crippen LogP contribution is -1.84. The van der Waals surface area contributed by atoms with Crippen molar-refractivity contribution in [1.82, 2.24) is 9.97 Å². The fourth-order valence-electron chi connectivity index (χ4n) is 1.04. The first kappa shape index (κ1) is 8.72. The molecule has 1 aromatic carbocycles. The summed E-state index contributed by atoms with van der Waals surface area (Å²) in [5.41, 5.74) is 0.453. The molecule has 13 heavy (non-hydrogen) atoms. The second-order valence-corrected chi connectivity index (χ2v) is 3.67. The van der Waals surface area contributed by atoms with E-state index in [1.165, 1.54) is 0 Å². The van der Waals surface area contributed by atoms with Crippen LogP contribution in [0.25, 0.3) is 10.9 Å². The van der Waals surface area contributed by atoms with Crippen molar-refractivity contribution in [2.24, 2.45) is 0 Å². The lowest BCUT2D eigenvalue weighted by molar-refractivity contribution is 0.477.